The van der Waals surface area contributed by atoms with Crippen molar-refractivity contribution in [2.24, 2.45) is 0 Å². The lowest BCUT2D eigenvalue weighted by atomic mass is 9.85. The molecule has 1 aromatic heterocycles. The number of nitrogens with zero attached hydrogens (tertiary/aromatic N) is 2. The predicted octanol–water partition coefficient (Wildman–Crippen LogP) is 7.61. The lowest BCUT2D eigenvalue weighted by Gasteiger charge is -2.40. The fourth-order valence-electron chi connectivity index (χ4n) is 5.08. The molecule has 0 radical (unpaired) electrons. The summed E-state index contributed by atoms with van der Waals surface area (Å²) >= 11 is 0. The van der Waals surface area contributed by atoms with E-state index in [0.29, 0.717) is 23.7 Å². The first-order valence-electron chi connectivity index (χ1n) is 11.3. The zero-order chi connectivity index (χ0) is 21.0. The van der Waals surface area contributed by atoms with Crippen LogP contribution in [-0.4, -0.2) is 9.36 Å². The minimum Gasteiger partial charge on any atom is -0.251 e. The van der Waals surface area contributed by atoms with Crippen LogP contribution in [0.3, 0.4) is 0 Å². The normalized spacial score (nSPS) is 16.0. The van der Waals surface area contributed by atoms with E-state index in [1.165, 1.54) is 45.0 Å². The van der Waals surface area contributed by atoms with E-state index in [1.54, 1.807) is 0 Å². The Morgan fingerprint density at radius 2 is 1.21 bits per heavy atom. The van der Waals surface area contributed by atoms with E-state index >= 15 is 0 Å². The van der Waals surface area contributed by atoms with E-state index in [1.807, 2.05) is 0 Å². The smallest absolute Gasteiger partial charge is 0.0703 e. The molecule has 0 spiro atoms. The zero-order valence-electron chi connectivity index (χ0n) is 19.4. The van der Waals surface area contributed by atoms with Crippen molar-refractivity contribution in [3.8, 4) is 11.4 Å². The highest BCUT2D eigenvalue weighted by molar-refractivity contribution is 5.60. The SMILES string of the molecule is Cc1c2n(n1-c1c(C(C)C)cccc1C(C)C)-c1c(C(C)C)cccc1C(C)C2. The van der Waals surface area contributed by atoms with Gasteiger partial charge in [0.25, 0.3) is 0 Å². The molecular formula is C27H36N2. The van der Waals surface area contributed by atoms with Crippen molar-refractivity contribution in [2.45, 2.75) is 85.5 Å². The average molecular weight is 389 g/mol. The Balaban J connectivity index is 2.06. The molecule has 1 aliphatic heterocycles. The number of benzene rings is 2. The fourth-order valence-corrected chi connectivity index (χ4v) is 5.08. The second kappa shape index (κ2) is 7.23. The molecule has 2 nitrogen and oxygen atoms in total. The van der Waals surface area contributed by atoms with Crippen LogP contribution in [0.2, 0.25) is 0 Å². The van der Waals surface area contributed by atoms with E-state index in [4.69, 9.17) is 0 Å². The third-order valence-corrected chi connectivity index (χ3v) is 6.71. The van der Waals surface area contributed by atoms with Crippen LogP contribution in [0.25, 0.3) is 11.4 Å². The third kappa shape index (κ3) is 2.99. The largest absolute Gasteiger partial charge is 0.251 e. The molecule has 1 atom stereocenters. The first-order valence-corrected chi connectivity index (χ1v) is 11.3. The number of hydrogen-bond donors (Lipinski definition) is 0. The van der Waals surface area contributed by atoms with E-state index < -0.39 is 0 Å². The Morgan fingerprint density at radius 3 is 1.72 bits per heavy atom. The molecule has 0 N–H and O–H groups in total. The Bertz CT molecular complexity index is 1000. The van der Waals surface area contributed by atoms with Crippen LogP contribution < -0.4 is 0 Å². The molecule has 154 valence electrons. The van der Waals surface area contributed by atoms with Crippen LogP contribution in [0.15, 0.2) is 36.4 Å². The molecule has 0 aliphatic carbocycles. The van der Waals surface area contributed by atoms with Crippen LogP contribution in [-0.2, 0) is 6.42 Å². The standard InChI is InChI=1S/C27H36N2/c1-16(2)21-11-9-12-22(17(3)4)26(21)28-20(8)25-15-19(7)24-14-10-13-23(18(5)6)27(24)29(25)28/h9-14,16-19H,15H2,1-8H3. The van der Waals surface area contributed by atoms with Crippen molar-refractivity contribution in [3.63, 3.8) is 0 Å². The summed E-state index contributed by atoms with van der Waals surface area (Å²) < 4.78 is 5.07. The van der Waals surface area contributed by atoms with E-state index in [2.05, 4.69) is 101 Å². The van der Waals surface area contributed by atoms with E-state index in [0.717, 1.165) is 6.42 Å². The maximum atomic E-state index is 2.55. The van der Waals surface area contributed by atoms with Gasteiger partial charge in [-0.05, 0) is 59.3 Å². The summed E-state index contributed by atoms with van der Waals surface area (Å²) in [7, 11) is 0. The highest BCUT2D eigenvalue weighted by Gasteiger charge is 2.33. The Hall–Kier alpha value is -2.22. The number of para-hydroxylation sites is 2. The lowest BCUT2D eigenvalue weighted by molar-refractivity contribution is 0.508. The minimum absolute atomic E-state index is 0.490. The molecule has 2 aromatic carbocycles. The van der Waals surface area contributed by atoms with E-state index in [-0.39, 0.29) is 0 Å². The second-order valence-corrected chi connectivity index (χ2v) is 9.80. The average Bonchev–Trinajstić information content (AvgIpc) is 2.68. The van der Waals surface area contributed by atoms with Gasteiger partial charge in [0.15, 0.2) is 0 Å². The van der Waals surface area contributed by atoms with Crippen molar-refractivity contribution in [1.29, 1.82) is 0 Å². The molecule has 1 aliphatic rings. The van der Waals surface area contributed by atoms with Gasteiger partial charge in [0, 0.05) is 0 Å². The quantitative estimate of drug-likeness (QED) is 0.435. The van der Waals surface area contributed by atoms with Gasteiger partial charge >= 0.3 is 0 Å². The van der Waals surface area contributed by atoms with E-state index in [9.17, 15) is 0 Å². The first-order chi connectivity index (χ1) is 13.7. The molecule has 4 rings (SSSR count). The number of aromatic nitrogens is 2. The van der Waals surface area contributed by atoms with Gasteiger partial charge in [0.2, 0.25) is 0 Å². The summed E-state index contributed by atoms with van der Waals surface area (Å²) in [5, 5.41) is 0. The number of fused-ring (bicyclic) bond motifs is 3. The van der Waals surface area contributed by atoms with Crippen LogP contribution in [0.4, 0.5) is 0 Å². The highest BCUT2D eigenvalue weighted by atomic mass is 15.5. The van der Waals surface area contributed by atoms with Gasteiger partial charge in [-0.25, -0.2) is 0 Å². The predicted molar refractivity (Wildman–Crippen MR) is 124 cm³/mol. The number of hydrogen-bond acceptors (Lipinski definition) is 0. The lowest BCUT2D eigenvalue weighted by Crippen LogP contribution is -2.35. The fraction of sp³-hybridized carbons (Fsp3) is 0.481. The van der Waals surface area contributed by atoms with Gasteiger partial charge in [0.05, 0.1) is 22.8 Å². The van der Waals surface area contributed by atoms with Gasteiger partial charge in [-0.1, -0.05) is 84.9 Å². The molecule has 0 fully saturated rings. The topological polar surface area (TPSA) is 9.86 Å². The van der Waals surface area contributed by atoms with Crippen molar-refractivity contribution in [2.75, 3.05) is 0 Å². The summed E-state index contributed by atoms with van der Waals surface area (Å²) in [6.07, 6.45) is 1.12. The molecule has 29 heavy (non-hydrogen) atoms. The Labute approximate surface area is 176 Å². The van der Waals surface area contributed by atoms with Gasteiger partial charge in [0.1, 0.15) is 0 Å². The molecule has 2 heteroatoms. The maximum absolute atomic E-state index is 2.55. The zero-order valence-corrected chi connectivity index (χ0v) is 19.4. The van der Waals surface area contributed by atoms with Crippen LogP contribution in [0.1, 0.15) is 106 Å². The van der Waals surface area contributed by atoms with Crippen LogP contribution in [0.5, 0.6) is 0 Å². The Morgan fingerprint density at radius 1 is 0.724 bits per heavy atom. The second-order valence-electron chi connectivity index (χ2n) is 9.80. The summed E-state index contributed by atoms with van der Waals surface area (Å²) in [5.41, 5.74) is 11.6. The molecular weight excluding hydrogens is 352 g/mol. The van der Waals surface area contributed by atoms with Crippen molar-refractivity contribution < 1.29 is 0 Å². The first kappa shape index (κ1) is 20.1. The summed E-state index contributed by atoms with van der Waals surface area (Å²) in [6, 6.07) is 13.8. The molecule has 2 heterocycles. The highest BCUT2D eigenvalue weighted by Crippen LogP contribution is 2.43. The maximum Gasteiger partial charge on any atom is 0.0703 e. The number of rotatable bonds is 4. The van der Waals surface area contributed by atoms with Gasteiger partial charge in [-0.3, -0.25) is 9.36 Å². The van der Waals surface area contributed by atoms with Gasteiger partial charge in [-0.15, -0.1) is 0 Å². The molecule has 0 saturated carbocycles. The van der Waals surface area contributed by atoms with Gasteiger partial charge in [-0.2, -0.15) is 0 Å². The minimum atomic E-state index is 0.490. The third-order valence-electron chi connectivity index (χ3n) is 6.71. The van der Waals surface area contributed by atoms with Crippen molar-refractivity contribution >= 4 is 0 Å². The molecule has 0 bridgehead atoms. The Kier molecular flexibility index (Phi) is 5.01. The monoisotopic (exact) mass is 388 g/mol. The van der Waals surface area contributed by atoms with Gasteiger partial charge < -0.3 is 0 Å². The molecule has 0 saturated heterocycles. The molecule has 0 amide bonds. The summed E-state index contributed by atoms with van der Waals surface area (Å²) in [5.74, 6) is 2.05. The molecule has 3 aromatic rings. The van der Waals surface area contributed by atoms with Crippen LogP contribution in [0, 0.1) is 6.92 Å². The molecule has 1 unspecified atom stereocenters. The van der Waals surface area contributed by atoms with Crippen molar-refractivity contribution in [1.82, 2.24) is 9.36 Å². The summed E-state index contributed by atoms with van der Waals surface area (Å²) in [6.45, 7) is 18.6. The van der Waals surface area contributed by atoms with Crippen molar-refractivity contribution in [3.05, 3.63) is 70.0 Å². The van der Waals surface area contributed by atoms with Crippen LogP contribution >= 0.6 is 0 Å². The summed E-state index contributed by atoms with van der Waals surface area (Å²) in [4.78, 5) is 0.